The highest BCUT2D eigenvalue weighted by molar-refractivity contribution is 6.33. The smallest absolute Gasteiger partial charge is 0.320 e. The van der Waals surface area contributed by atoms with E-state index in [0.29, 0.717) is 50.4 Å². The number of benzene rings is 2. The molecule has 1 unspecified atom stereocenters. The van der Waals surface area contributed by atoms with Gasteiger partial charge in [-0.05, 0) is 50.1 Å². The summed E-state index contributed by atoms with van der Waals surface area (Å²) in [5, 5.41) is 6.41. The summed E-state index contributed by atoms with van der Waals surface area (Å²) in [6, 6.07) is 9.80. The maximum atomic E-state index is 12.8. The molecule has 3 aliphatic heterocycles. The van der Waals surface area contributed by atoms with Crippen molar-refractivity contribution in [1.29, 1.82) is 0 Å². The minimum atomic E-state index is -0.453. The van der Waals surface area contributed by atoms with Gasteiger partial charge < -0.3 is 39.3 Å². The number of carbonyl (C=O) groups is 2. The number of urea groups is 1. The van der Waals surface area contributed by atoms with Crippen LogP contribution < -0.4 is 30.3 Å². The summed E-state index contributed by atoms with van der Waals surface area (Å²) in [5.41, 5.74) is 4.00. The van der Waals surface area contributed by atoms with Crippen LogP contribution in [0.1, 0.15) is 26.2 Å². The predicted octanol–water partition coefficient (Wildman–Crippen LogP) is 4.98. The molecular formula is C31H34ClN5O7. The fraction of sp³-hybridized carbons (Fsp3) is 0.387. The van der Waals surface area contributed by atoms with Gasteiger partial charge in [0.15, 0.2) is 11.5 Å². The minimum Gasteiger partial charge on any atom is -0.493 e. The van der Waals surface area contributed by atoms with Crippen molar-refractivity contribution in [2.24, 2.45) is 5.41 Å². The van der Waals surface area contributed by atoms with E-state index in [1.807, 2.05) is 4.90 Å². The number of likely N-dealkylation sites (tertiary alicyclic amines) is 1. The first kappa shape index (κ1) is 29.8. The van der Waals surface area contributed by atoms with Gasteiger partial charge in [0.25, 0.3) is 0 Å². The third-order valence-electron chi connectivity index (χ3n) is 8.01. The van der Waals surface area contributed by atoms with E-state index in [1.165, 1.54) is 0 Å². The second-order valence-electron chi connectivity index (χ2n) is 11.1. The molecule has 232 valence electrons. The SMILES string of the molecule is COc1cc2c(Oc3ccc(NC(=O)NC4C=C(C)ON4)c(Cl)c3)ccnc2cc1OCCC(=O)N1CCC2(CC1)COC2. The molecule has 6 rings (SSSR count). The number of anilines is 1. The standard InChI is InChI=1S/C31H34ClN5O7/c1-19-13-28(36-44-19)35-30(39)34-23-4-3-20(14-22(23)32)43-25-5-9-33-24-16-27(26(40-2)15-21(24)25)42-12-6-29(38)37-10-7-31(8-11-37)17-41-18-31/h3-5,9,13-16,28,36H,6-8,10-12,17-18H2,1-2H3,(H2,34,35,39). The third kappa shape index (κ3) is 6.62. The number of methoxy groups -OCH3 is 1. The molecule has 2 aromatic carbocycles. The molecule has 4 heterocycles. The van der Waals surface area contributed by atoms with Crippen molar-refractivity contribution in [3.8, 4) is 23.0 Å². The largest absolute Gasteiger partial charge is 0.493 e. The second-order valence-corrected chi connectivity index (χ2v) is 11.5. The summed E-state index contributed by atoms with van der Waals surface area (Å²) >= 11 is 6.45. The Balaban J connectivity index is 1.08. The van der Waals surface area contributed by atoms with Gasteiger partial charge in [0.2, 0.25) is 5.91 Å². The molecule has 0 aliphatic carbocycles. The number of hydroxylamine groups is 1. The number of carbonyl (C=O) groups excluding carboxylic acids is 2. The molecule has 3 N–H and O–H groups in total. The molecule has 12 nitrogen and oxygen atoms in total. The van der Waals surface area contributed by atoms with Gasteiger partial charge in [-0.3, -0.25) is 9.78 Å². The van der Waals surface area contributed by atoms with Crippen molar-refractivity contribution in [3.63, 3.8) is 0 Å². The zero-order chi connectivity index (χ0) is 30.7. The molecule has 0 bridgehead atoms. The normalized spacial score (nSPS) is 18.7. The highest BCUT2D eigenvalue weighted by Crippen LogP contribution is 2.39. The minimum absolute atomic E-state index is 0.0850. The van der Waals surface area contributed by atoms with Crippen LogP contribution in [-0.2, 0) is 14.4 Å². The molecular weight excluding hydrogens is 590 g/mol. The fourth-order valence-electron chi connectivity index (χ4n) is 5.42. The van der Waals surface area contributed by atoms with E-state index >= 15 is 0 Å². The Morgan fingerprint density at radius 3 is 2.64 bits per heavy atom. The first-order valence-corrected chi connectivity index (χ1v) is 14.8. The number of halogens is 1. The monoisotopic (exact) mass is 623 g/mol. The van der Waals surface area contributed by atoms with E-state index < -0.39 is 12.2 Å². The van der Waals surface area contributed by atoms with Crippen molar-refractivity contribution in [3.05, 3.63) is 59.5 Å². The predicted molar refractivity (Wildman–Crippen MR) is 163 cm³/mol. The van der Waals surface area contributed by atoms with Crippen LogP contribution >= 0.6 is 11.6 Å². The van der Waals surface area contributed by atoms with E-state index in [2.05, 4.69) is 21.1 Å². The van der Waals surface area contributed by atoms with Crippen molar-refractivity contribution in [2.45, 2.75) is 32.4 Å². The van der Waals surface area contributed by atoms with Crippen molar-refractivity contribution < 1.29 is 33.4 Å². The van der Waals surface area contributed by atoms with Gasteiger partial charge in [-0.15, -0.1) is 5.48 Å². The molecule has 0 saturated carbocycles. The number of nitrogens with zero attached hydrogens (tertiary/aromatic N) is 2. The van der Waals surface area contributed by atoms with E-state index in [1.54, 1.807) is 62.7 Å². The molecule has 44 heavy (non-hydrogen) atoms. The molecule has 1 atom stereocenters. The number of hydrogen-bond acceptors (Lipinski definition) is 9. The number of allylic oxidation sites excluding steroid dienone is 1. The molecule has 0 radical (unpaired) electrons. The van der Waals surface area contributed by atoms with Crippen LogP contribution in [0.4, 0.5) is 10.5 Å². The van der Waals surface area contributed by atoms with E-state index in [9.17, 15) is 9.59 Å². The number of aromatic nitrogens is 1. The van der Waals surface area contributed by atoms with Gasteiger partial charge in [0.1, 0.15) is 23.4 Å². The Bertz CT molecular complexity index is 1590. The Labute approximate surface area is 259 Å². The summed E-state index contributed by atoms with van der Waals surface area (Å²) in [4.78, 5) is 36.6. The van der Waals surface area contributed by atoms with Crippen LogP contribution in [0.5, 0.6) is 23.0 Å². The maximum absolute atomic E-state index is 12.8. The quantitative estimate of drug-likeness (QED) is 0.302. The first-order chi connectivity index (χ1) is 21.3. The number of rotatable bonds is 9. The van der Waals surface area contributed by atoms with E-state index in [4.69, 9.17) is 35.4 Å². The highest BCUT2D eigenvalue weighted by atomic mass is 35.5. The van der Waals surface area contributed by atoms with Gasteiger partial charge in [0, 0.05) is 42.2 Å². The Kier molecular flexibility index (Phi) is 8.65. The molecule has 1 spiro atoms. The summed E-state index contributed by atoms with van der Waals surface area (Å²) in [6.07, 6.45) is 5.18. The lowest BCUT2D eigenvalue weighted by molar-refractivity contribution is -0.153. The summed E-state index contributed by atoms with van der Waals surface area (Å²) in [6.45, 7) is 5.15. The van der Waals surface area contributed by atoms with Crippen LogP contribution in [-0.4, -0.2) is 68.0 Å². The van der Waals surface area contributed by atoms with Crippen LogP contribution in [0.2, 0.25) is 5.02 Å². The molecule has 2 saturated heterocycles. The Morgan fingerprint density at radius 2 is 1.95 bits per heavy atom. The number of piperidine rings is 1. The summed E-state index contributed by atoms with van der Waals surface area (Å²) in [7, 11) is 1.55. The van der Waals surface area contributed by atoms with Crippen LogP contribution in [0, 0.1) is 5.41 Å². The highest BCUT2D eigenvalue weighted by Gasteiger charge is 2.41. The zero-order valence-corrected chi connectivity index (χ0v) is 25.2. The molecule has 3 aromatic rings. The lowest BCUT2D eigenvalue weighted by Crippen LogP contribution is -2.52. The molecule has 3 aliphatic rings. The number of amides is 3. The van der Waals surface area contributed by atoms with Gasteiger partial charge in [-0.2, -0.15) is 0 Å². The van der Waals surface area contributed by atoms with Crippen LogP contribution in [0.25, 0.3) is 10.9 Å². The lowest BCUT2D eigenvalue weighted by Gasteiger charge is -2.47. The molecule has 13 heteroatoms. The van der Waals surface area contributed by atoms with E-state index in [-0.39, 0.29) is 24.3 Å². The Morgan fingerprint density at radius 1 is 1.14 bits per heavy atom. The second kappa shape index (κ2) is 12.8. The Hall–Kier alpha value is -4.26. The van der Waals surface area contributed by atoms with Crippen LogP contribution in [0.3, 0.4) is 0 Å². The topological polar surface area (TPSA) is 133 Å². The maximum Gasteiger partial charge on any atom is 0.320 e. The van der Waals surface area contributed by atoms with Crippen LogP contribution in [0.15, 0.2) is 54.4 Å². The number of fused-ring (bicyclic) bond motifs is 1. The van der Waals surface area contributed by atoms with E-state index in [0.717, 1.165) is 39.1 Å². The third-order valence-corrected chi connectivity index (χ3v) is 8.32. The fourth-order valence-corrected chi connectivity index (χ4v) is 5.64. The number of pyridine rings is 1. The van der Waals surface area contributed by atoms with Crippen molar-refractivity contribution in [1.82, 2.24) is 20.7 Å². The van der Waals surface area contributed by atoms with Gasteiger partial charge in [0.05, 0.1) is 49.6 Å². The molecule has 2 fully saturated rings. The average molecular weight is 624 g/mol. The number of hydrogen-bond donors (Lipinski definition) is 3. The zero-order valence-electron chi connectivity index (χ0n) is 24.5. The molecule has 3 amide bonds. The van der Waals surface area contributed by atoms with Crippen molar-refractivity contribution >= 4 is 40.1 Å². The average Bonchev–Trinajstić information content (AvgIpc) is 3.41. The van der Waals surface area contributed by atoms with Gasteiger partial charge >= 0.3 is 6.03 Å². The van der Waals surface area contributed by atoms with Gasteiger partial charge in [-0.1, -0.05) is 11.6 Å². The summed E-state index contributed by atoms with van der Waals surface area (Å²) in [5.74, 6) is 2.72. The van der Waals surface area contributed by atoms with Gasteiger partial charge in [-0.25, -0.2) is 4.79 Å². The lowest BCUT2D eigenvalue weighted by atomic mass is 9.77. The number of ether oxygens (including phenoxy) is 4. The first-order valence-electron chi connectivity index (χ1n) is 14.4. The molecule has 1 aromatic heterocycles. The summed E-state index contributed by atoms with van der Waals surface area (Å²) < 4.78 is 23.1. The van der Waals surface area contributed by atoms with Crippen molar-refractivity contribution in [2.75, 3.05) is 45.3 Å². The number of nitrogens with one attached hydrogen (secondary N) is 3.